The fourth-order valence-electron chi connectivity index (χ4n) is 3.78. The van der Waals surface area contributed by atoms with Crippen LogP contribution in [0.15, 0.2) is 36.4 Å². The van der Waals surface area contributed by atoms with Gasteiger partial charge in [-0.25, -0.2) is 13.2 Å². The predicted molar refractivity (Wildman–Crippen MR) is 101 cm³/mol. The molecule has 2 fully saturated rings. The Bertz CT molecular complexity index is 976. The van der Waals surface area contributed by atoms with Crippen molar-refractivity contribution >= 4 is 23.4 Å². The molecular weight excluding hydrogens is 405 g/mol. The number of hydrogen-bond acceptors (Lipinski definition) is 2. The summed E-state index contributed by atoms with van der Waals surface area (Å²) < 4.78 is 40.4. The van der Waals surface area contributed by atoms with Gasteiger partial charge in [-0.1, -0.05) is 17.7 Å². The highest BCUT2D eigenvalue weighted by atomic mass is 35.5. The van der Waals surface area contributed by atoms with Crippen molar-refractivity contribution in [3.63, 3.8) is 0 Å². The minimum absolute atomic E-state index is 0.0548. The lowest BCUT2D eigenvalue weighted by atomic mass is 10.1. The molecule has 1 saturated heterocycles. The molecule has 4 rings (SSSR count). The van der Waals surface area contributed by atoms with E-state index in [0.29, 0.717) is 38.2 Å². The van der Waals surface area contributed by atoms with E-state index in [1.165, 1.54) is 23.1 Å². The number of carbonyl (C=O) groups is 2. The molecule has 2 atom stereocenters. The molecular formula is C21H18ClF3N2O2. The molecule has 1 aliphatic carbocycles. The zero-order chi connectivity index (χ0) is 20.7. The van der Waals surface area contributed by atoms with Gasteiger partial charge in [-0.15, -0.1) is 0 Å². The van der Waals surface area contributed by atoms with Gasteiger partial charge < -0.3 is 9.80 Å². The third-order valence-corrected chi connectivity index (χ3v) is 5.75. The molecule has 2 unspecified atom stereocenters. The summed E-state index contributed by atoms with van der Waals surface area (Å²) in [7, 11) is 0. The molecule has 0 spiro atoms. The number of amides is 2. The molecule has 0 bridgehead atoms. The number of hydrogen-bond donors (Lipinski definition) is 0. The highest BCUT2D eigenvalue weighted by Crippen LogP contribution is 2.48. The van der Waals surface area contributed by atoms with Crippen molar-refractivity contribution in [1.29, 1.82) is 0 Å². The molecule has 29 heavy (non-hydrogen) atoms. The molecule has 2 aliphatic rings. The Morgan fingerprint density at radius 1 is 0.862 bits per heavy atom. The molecule has 2 aromatic rings. The first-order valence-electron chi connectivity index (χ1n) is 9.33. The largest absolute Gasteiger partial charge is 0.339 e. The van der Waals surface area contributed by atoms with Crippen LogP contribution in [0.2, 0.25) is 5.02 Å². The number of carbonyl (C=O) groups excluding carboxylic acids is 2. The zero-order valence-electron chi connectivity index (χ0n) is 15.4. The Balaban J connectivity index is 1.35. The van der Waals surface area contributed by atoms with Crippen LogP contribution in [-0.4, -0.2) is 47.8 Å². The van der Waals surface area contributed by atoms with Gasteiger partial charge in [-0.3, -0.25) is 9.59 Å². The molecule has 8 heteroatoms. The van der Waals surface area contributed by atoms with Crippen LogP contribution in [0.1, 0.15) is 28.3 Å². The van der Waals surface area contributed by atoms with Crippen LogP contribution in [0.25, 0.3) is 0 Å². The van der Waals surface area contributed by atoms with Crippen molar-refractivity contribution in [3.8, 4) is 0 Å². The summed E-state index contributed by atoms with van der Waals surface area (Å²) >= 11 is 5.85. The fraction of sp³-hybridized carbons (Fsp3) is 0.333. The summed E-state index contributed by atoms with van der Waals surface area (Å²) in [6, 6.07) is 7.55. The normalized spacial score (nSPS) is 21.2. The first-order valence-corrected chi connectivity index (χ1v) is 9.71. The average Bonchev–Trinajstić information content (AvgIpc) is 3.52. The standard InChI is InChI=1S/C21H18ClF3N2O2/c22-13-2-4-17(23)16(10-13)21(29)27-7-5-26(6-8-27)20(28)15-11-14(15)12-1-3-18(24)19(25)9-12/h1-4,9-10,14-15H,5-8,11H2. The van der Waals surface area contributed by atoms with Crippen molar-refractivity contribution in [1.82, 2.24) is 9.80 Å². The number of benzene rings is 2. The van der Waals surface area contributed by atoms with Crippen molar-refractivity contribution in [2.45, 2.75) is 12.3 Å². The van der Waals surface area contributed by atoms with E-state index in [1.807, 2.05) is 0 Å². The highest BCUT2D eigenvalue weighted by molar-refractivity contribution is 6.31. The lowest BCUT2D eigenvalue weighted by Crippen LogP contribution is -2.51. The van der Waals surface area contributed by atoms with E-state index in [1.54, 1.807) is 4.90 Å². The van der Waals surface area contributed by atoms with E-state index in [9.17, 15) is 22.8 Å². The van der Waals surface area contributed by atoms with Gasteiger partial charge in [0.25, 0.3) is 5.91 Å². The Morgan fingerprint density at radius 3 is 2.21 bits per heavy atom. The van der Waals surface area contributed by atoms with Crippen LogP contribution >= 0.6 is 11.6 Å². The van der Waals surface area contributed by atoms with Gasteiger partial charge in [-0.05, 0) is 48.2 Å². The Labute approximate surface area is 170 Å². The van der Waals surface area contributed by atoms with Crippen molar-refractivity contribution in [2.24, 2.45) is 5.92 Å². The molecule has 1 heterocycles. The number of piperazine rings is 1. The zero-order valence-corrected chi connectivity index (χ0v) is 16.1. The fourth-order valence-corrected chi connectivity index (χ4v) is 3.95. The molecule has 0 N–H and O–H groups in total. The Kier molecular flexibility index (Phi) is 5.25. The molecule has 1 aliphatic heterocycles. The summed E-state index contributed by atoms with van der Waals surface area (Å²) in [6.45, 7) is 1.26. The van der Waals surface area contributed by atoms with Crippen LogP contribution in [0.5, 0.6) is 0 Å². The minimum Gasteiger partial charge on any atom is -0.339 e. The van der Waals surface area contributed by atoms with E-state index < -0.39 is 23.4 Å². The third-order valence-electron chi connectivity index (χ3n) is 5.52. The molecule has 2 amide bonds. The first kappa shape index (κ1) is 19.8. The van der Waals surface area contributed by atoms with Crippen molar-refractivity contribution in [2.75, 3.05) is 26.2 Å². The smallest absolute Gasteiger partial charge is 0.257 e. The van der Waals surface area contributed by atoms with Gasteiger partial charge in [0, 0.05) is 37.1 Å². The Morgan fingerprint density at radius 2 is 1.52 bits per heavy atom. The summed E-state index contributed by atoms with van der Waals surface area (Å²) in [5.74, 6) is -3.34. The van der Waals surface area contributed by atoms with Crippen LogP contribution in [0, 0.1) is 23.4 Å². The predicted octanol–water partition coefficient (Wildman–Crippen LogP) is 3.85. The molecule has 2 aromatic carbocycles. The number of halogens is 4. The van der Waals surface area contributed by atoms with Gasteiger partial charge in [-0.2, -0.15) is 0 Å². The average molecular weight is 423 g/mol. The summed E-state index contributed by atoms with van der Waals surface area (Å²) in [4.78, 5) is 28.4. The summed E-state index contributed by atoms with van der Waals surface area (Å²) in [6.07, 6.45) is 0.594. The first-order chi connectivity index (χ1) is 13.8. The topological polar surface area (TPSA) is 40.6 Å². The Hall–Kier alpha value is -2.54. The van der Waals surface area contributed by atoms with Gasteiger partial charge in [0.05, 0.1) is 5.56 Å². The molecule has 1 saturated carbocycles. The maximum atomic E-state index is 13.9. The minimum atomic E-state index is -0.916. The number of rotatable bonds is 3. The van der Waals surface area contributed by atoms with Gasteiger partial charge in [0.15, 0.2) is 11.6 Å². The van der Waals surface area contributed by atoms with Crippen LogP contribution in [0.4, 0.5) is 13.2 Å². The monoisotopic (exact) mass is 422 g/mol. The summed E-state index contributed by atoms with van der Waals surface area (Å²) in [5.41, 5.74) is 0.533. The SMILES string of the molecule is O=C(c1cc(Cl)ccc1F)N1CCN(C(=O)C2CC2c2ccc(F)c(F)c2)CC1. The molecule has 0 radical (unpaired) electrons. The van der Waals surface area contributed by atoms with Crippen LogP contribution in [-0.2, 0) is 4.79 Å². The van der Waals surface area contributed by atoms with E-state index in [-0.39, 0.29) is 28.3 Å². The lowest BCUT2D eigenvalue weighted by molar-refractivity contribution is -0.134. The second kappa shape index (κ2) is 7.71. The van der Waals surface area contributed by atoms with E-state index in [4.69, 9.17) is 11.6 Å². The second-order valence-corrected chi connectivity index (χ2v) is 7.80. The maximum Gasteiger partial charge on any atom is 0.257 e. The van der Waals surface area contributed by atoms with E-state index >= 15 is 0 Å². The van der Waals surface area contributed by atoms with Gasteiger partial charge >= 0.3 is 0 Å². The van der Waals surface area contributed by atoms with Crippen LogP contribution < -0.4 is 0 Å². The lowest BCUT2D eigenvalue weighted by Gasteiger charge is -2.35. The number of nitrogens with zero attached hydrogens (tertiary/aromatic N) is 2. The molecule has 0 aromatic heterocycles. The highest BCUT2D eigenvalue weighted by Gasteiger charge is 2.46. The quantitative estimate of drug-likeness (QED) is 0.754. The van der Waals surface area contributed by atoms with Crippen molar-refractivity contribution < 1.29 is 22.8 Å². The van der Waals surface area contributed by atoms with Crippen LogP contribution in [0.3, 0.4) is 0 Å². The van der Waals surface area contributed by atoms with E-state index in [2.05, 4.69) is 0 Å². The van der Waals surface area contributed by atoms with Gasteiger partial charge in [0.2, 0.25) is 5.91 Å². The van der Waals surface area contributed by atoms with Crippen molar-refractivity contribution in [3.05, 3.63) is 70.0 Å². The third kappa shape index (κ3) is 3.96. The van der Waals surface area contributed by atoms with E-state index in [0.717, 1.165) is 18.2 Å². The molecule has 152 valence electrons. The summed E-state index contributed by atoms with van der Waals surface area (Å²) in [5, 5.41) is 0.278. The second-order valence-electron chi connectivity index (χ2n) is 7.36. The maximum absolute atomic E-state index is 13.9. The van der Waals surface area contributed by atoms with Gasteiger partial charge in [0.1, 0.15) is 5.82 Å². The molecule has 4 nitrogen and oxygen atoms in total.